The number of nitrogens with zero attached hydrogens (tertiary/aromatic N) is 3. The fraction of sp³-hybridized carbons (Fsp3) is 0.692. The lowest BCUT2D eigenvalue weighted by Gasteiger charge is -2.30. The number of hydroxylamine groups is 2. The molecule has 2 bridgehead atoms. The Morgan fingerprint density at radius 1 is 1.38 bits per heavy atom. The van der Waals surface area contributed by atoms with Crippen LogP contribution in [0.1, 0.15) is 49.1 Å². The molecule has 2 amide bonds. The second-order valence-corrected chi connectivity index (χ2v) is 7.60. The molecule has 3 fully saturated rings. The van der Waals surface area contributed by atoms with Crippen molar-refractivity contribution in [3.05, 3.63) is 17.5 Å². The van der Waals surface area contributed by atoms with Gasteiger partial charge in [0.15, 0.2) is 0 Å². The molecule has 10 nitrogen and oxygen atoms in total. The van der Waals surface area contributed by atoms with Gasteiger partial charge in [-0.15, -0.1) is 4.28 Å². The monoisotopic (exact) mass is 358 g/mol. The number of hydrogen-bond donors (Lipinski definition) is 2. The maximum absolute atomic E-state index is 12.4. The van der Waals surface area contributed by atoms with Gasteiger partial charge in [0.2, 0.25) is 0 Å². The van der Waals surface area contributed by atoms with Crippen molar-refractivity contribution in [2.75, 3.05) is 6.54 Å². The summed E-state index contributed by atoms with van der Waals surface area (Å²) in [6, 6.07) is 0.739. The van der Waals surface area contributed by atoms with Crippen LogP contribution < -0.4 is 5.73 Å². The summed E-state index contributed by atoms with van der Waals surface area (Å²) in [5.41, 5.74) is 6.43. The van der Waals surface area contributed by atoms with Crippen LogP contribution in [0.15, 0.2) is 10.6 Å². The number of carbonyl (C=O) groups excluding carboxylic acids is 1. The summed E-state index contributed by atoms with van der Waals surface area (Å²) in [4.78, 5) is 13.9. The van der Waals surface area contributed by atoms with Crippen molar-refractivity contribution >= 4 is 16.4 Å². The maximum atomic E-state index is 12.4. The molecule has 0 aromatic carbocycles. The first-order valence-corrected chi connectivity index (χ1v) is 9.17. The van der Waals surface area contributed by atoms with Crippen molar-refractivity contribution in [2.24, 2.45) is 5.73 Å². The summed E-state index contributed by atoms with van der Waals surface area (Å²) in [6.45, 7) is 0.315. The van der Waals surface area contributed by atoms with E-state index in [1.54, 1.807) is 0 Å². The molecule has 1 aromatic heterocycles. The number of hydrogen-bond acceptors (Lipinski definition) is 7. The molecule has 1 aromatic rings. The van der Waals surface area contributed by atoms with Gasteiger partial charge in [0, 0.05) is 24.6 Å². The Kier molecular flexibility index (Phi) is 3.56. The van der Waals surface area contributed by atoms with Crippen molar-refractivity contribution < 1.29 is 26.6 Å². The van der Waals surface area contributed by atoms with Crippen LogP contribution in [0.3, 0.4) is 0 Å². The van der Waals surface area contributed by atoms with Gasteiger partial charge in [0.1, 0.15) is 11.5 Å². The van der Waals surface area contributed by atoms with Gasteiger partial charge >= 0.3 is 16.4 Å². The highest BCUT2D eigenvalue weighted by Crippen LogP contribution is 2.41. The number of carbonyl (C=O) groups is 1. The van der Waals surface area contributed by atoms with E-state index >= 15 is 0 Å². The second kappa shape index (κ2) is 5.41. The molecule has 3 heterocycles. The lowest BCUT2D eigenvalue weighted by atomic mass is 9.79. The van der Waals surface area contributed by atoms with E-state index in [1.807, 2.05) is 6.07 Å². The van der Waals surface area contributed by atoms with Crippen LogP contribution in [0.4, 0.5) is 4.79 Å². The Hall–Kier alpha value is -1.69. The van der Waals surface area contributed by atoms with E-state index in [0.29, 0.717) is 25.1 Å². The highest BCUT2D eigenvalue weighted by atomic mass is 32.3. The van der Waals surface area contributed by atoms with Gasteiger partial charge in [-0.25, -0.2) is 4.79 Å². The van der Waals surface area contributed by atoms with E-state index < -0.39 is 22.5 Å². The Bertz CT molecular complexity index is 758. The molecule has 2 aliphatic heterocycles. The minimum atomic E-state index is -4.74. The van der Waals surface area contributed by atoms with E-state index in [2.05, 4.69) is 9.44 Å². The molecule has 24 heavy (non-hydrogen) atoms. The third kappa shape index (κ3) is 2.66. The molecule has 1 saturated carbocycles. The third-order valence-corrected chi connectivity index (χ3v) is 5.31. The average molecular weight is 358 g/mol. The quantitative estimate of drug-likeness (QED) is 0.744. The van der Waals surface area contributed by atoms with Crippen LogP contribution in [-0.2, 0) is 14.7 Å². The molecule has 0 unspecified atom stereocenters. The van der Waals surface area contributed by atoms with Crippen molar-refractivity contribution in [1.82, 2.24) is 15.1 Å². The highest BCUT2D eigenvalue weighted by Gasteiger charge is 2.48. The summed E-state index contributed by atoms with van der Waals surface area (Å²) < 4.78 is 40.4. The molecule has 11 heteroatoms. The van der Waals surface area contributed by atoms with Crippen LogP contribution >= 0.6 is 0 Å². The van der Waals surface area contributed by atoms with Crippen LogP contribution in [0.25, 0.3) is 0 Å². The van der Waals surface area contributed by atoms with Crippen molar-refractivity contribution in [3.8, 4) is 0 Å². The largest absolute Gasteiger partial charge is 0.418 e. The molecule has 0 radical (unpaired) electrons. The van der Waals surface area contributed by atoms with Crippen molar-refractivity contribution in [2.45, 2.75) is 49.7 Å². The molecule has 3 aliphatic rings. The van der Waals surface area contributed by atoms with Crippen molar-refractivity contribution in [3.63, 3.8) is 0 Å². The number of aromatic nitrogens is 1. The molecule has 0 spiro atoms. The lowest BCUT2D eigenvalue weighted by molar-refractivity contribution is -0.0317. The first-order valence-electron chi connectivity index (χ1n) is 7.81. The van der Waals surface area contributed by atoms with Gasteiger partial charge in [-0.2, -0.15) is 13.5 Å². The zero-order chi connectivity index (χ0) is 17.1. The topological polar surface area (TPSA) is 139 Å². The minimum absolute atomic E-state index is 0.199. The van der Waals surface area contributed by atoms with E-state index in [0.717, 1.165) is 23.7 Å². The zero-order valence-electron chi connectivity index (χ0n) is 12.7. The number of fused-ring (bicyclic) bond motifs is 2. The molecule has 1 aliphatic carbocycles. The van der Waals surface area contributed by atoms with Gasteiger partial charge in [-0.3, -0.25) is 4.55 Å². The van der Waals surface area contributed by atoms with Crippen LogP contribution in [0.2, 0.25) is 0 Å². The maximum Gasteiger partial charge on any atom is 0.418 e. The minimum Gasteiger partial charge on any atom is -0.361 e. The smallest absolute Gasteiger partial charge is 0.361 e. The third-order valence-electron chi connectivity index (χ3n) is 4.96. The van der Waals surface area contributed by atoms with Gasteiger partial charge in [-0.1, -0.05) is 5.16 Å². The predicted molar refractivity (Wildman–Crippen MR) is 78.8 cm³/mol. The molecule has 2 saturated heterocycles. The summed E-state index contributed by atoms with van der Waals surface area (Å²) >= 11 is 0. The first kappa shape index (κ1) is 15.8. The van der Waals surface area contributed by atoms with Gasteiger partial charge in [-0.05, 0) is 25.7 Å². The Balaban J connectivity index is 1.51. The van der Waals surface area contributed by atoms with Crippen LogP contribution in [0.5, 0.6) is 0 Å². The normalized spacial score (nSPS) is 33.0. The average Bonchev–Trinajstić information content (AvgIpc) is 3.04. The standard InChI is InChI=1S/C13H18N4O6S/c14-8-3-7(4-8)12-5-10(15-22-12)11-2-1-9-6-16(11)13(18)17(9)23-24(19,20)21/h5,7-9,11H,1-4,6,14H2,(H,19,20,21)/t7?,8?,9-,11-/m1/s1. The second-order valence-electron chi connectivity index (χ2n) is 6.59. The Morgan fingerprint density at radius 2 is 2.12 bits per heavy atom. The molecule has 4 rings (SSSR count). The molecule has 2 atom stereocenters. The molecule has 132 valence electrons. The predicted octanol–water partition coefficient (Wildman–Crippen LogP) is 0.555. The number of piperidine rings is 1. The van der Waals surface area contributed by atoms with Crippen LogP contribution in [0, 0.1) is 0 Å². The van der Waals surface area contributed by atoms with E-state index in [-0.39, 0.29) is 18.0 Å². The van der Waals surface area contributed by atoms with E-state index in [9.17, 15) is 13.2 Å². The van der Waals surface area contributed by atoms with Crippen LogP contribution in [-0.4, -0.2) is 52.7 Å². The van der Waals surface area contributed by atoms with Gasteiger partial charge in [0.25, 0.3) is 0 Å². The van der Waals surface area contributed by atoms with Crippen molar-refractivity contribution in [1.29, 1.82) is 0 Å². The summed E-state index contributed by atoms with van der Waals surface area (Å²) in [5.74, 6) is 1.04. The lowest BCUT2D eigenvalue weighted by Crippen LogP contribution is -2.35. The SMILES string of the molecule is NC1CC(c2cc([C@H]3CC[C@@H]4CN3C(=O)N4OS(=O)(=O)O)no2)C1. The molecule has 3 N–H and O–H groups in total. The fourth-order valence-electron chi connectivity index (χ4n) is 3.69. The first-order chi connectivity index (χ1) is 11.3. The fourth-order valence-corrected chi connectivity index (χ4v) is 4.07. The summed E-state index contributed by atoms with van der Waals surface area (Å²) in [6.07, 6.45) is 2.87. The Morgan fingerprint density at radius 3 is 2.79 bits per heavy atom. The highest BCUT2D eigenvalue weighted by molar-refractivity contribution is 7.80. The number of amides is 2. The summed E-state index contributed by atoms with van der Waals surface area (Å²) in [5, 5.41) is 4.81. The number of nitrogens with two attached hydrogens (primary N) is 1. The summed E-state index contributed by atoms with van der Waals surface area (Å²) in [7, 11) is -4.74. The number of rotatable bonds is 4. The molecular formula is C13H18N4O6S. The zero-order valence-corrected chi connectivity index (χ0v) is 13.6. The van der Waals surface area contributed by atoms with Gasteiger partial charge in [0.05, 0.1) is 12.1 Å². The Labute approximate surface area is 138 Å². The molecular weight excluding hydrogens is 340 g/mol. The van der Waals surface area contributed by atoms with Gasteiger partial charge < -0.3 is 15.2 Å². The number of urea groups is 1. The van der Waals surface area contributed by atoms with E-state index in [4.69, 9.17) is 14.8 Å². The van der Waals surface area contributed by atoms with E-state index in [1.165, 1.54) is 4.90 Å².